The van der Waals surface area contributed by atoms with Crippen molar-refractivity contribution in [1.82, 2.24) is 9.63 Å². The van der Waals surface area contributed by atoms with Gasteiger partial charge >= 0.3 is 47.7 Å². The minimum Gasteiger partial charge on any atom is -0.331 e. The van der Waals surface area contributed by atoms with Crippen molar-refractivity contribution in [2.24, 2.45) is 7.05 Å². The van der Waals surface area contributed by atoms with E-state index in [9.17, 15) is 75.9 Å². The van der Waals surface area contributed by atoms with Gasteiger partial charge in [0.05, 0.1) is 0 Å². The molecular weight excluding hydrogens is 527 g/mol. The molecule has 0 aliphatic heterocycles. The minimum atomic E-state index is -8.59. The van der Waals surface area contributed by atoms with Gasteiger partial charge in [-0.15, -0.1) is 5.06 Å². The van der Waals surface area contributed by atoms with Gasteiger partial charge < -0.3 is 4.57 Å². The van der Waals surface area contributed by atoms with Crippen LogP contribution in [0.15, 0.2) is 12.1 Å². The molecule has 1 heterocycles. The van der Waals surface area contributed by atoms with E-state index in [1.165, 1.54) is 6.07 Å². The maximum Gasteiger partial charge on any atom is 0.460 e. The highest BCUT2D eigenvalue weighted by atomic mass is 19.4. The first-order valence-electron chi connectivity index (χ1n) is 7.70. The van der Waals surface area contributed by atoms with Gasteiger partial charge in [0, 0.05) is 7.05 Å². The molecule has 1 aromatic heterocycles. The SMILES string of the molecule is Cn1c(C#N)ccc1C(=O)N([O])C(F)(F)C(F)(F)C(F)(F)C(F)(F)C(F)(F)C(F)(F)C(F)(F)F. The van der Waals surface area contributed by atoms with Crippen LogP contribution >= 0.6 is 0 Å². The van der Waals surface area contributed by atoms with Gasteiger partial charge in [-0.1, -0.05) is 5.21 Å². The lowest BCUT2D eigenvalue weighted by Gasteiger charge is -2.41. The molecular formula is C14H5F15N3O2. The van der Waals surface area contributed by atoms with Crippen molar-refractivity contribution in [3.05, 3.63) is 23.5 Å². The molecule has 0 saturated carbocycles. The number of amides is 1. The second kappa shape index (κ2) is 7.84. The Labute approximate surface area is 176 Å². The van der Waals surface area contributed by atoms with Crippen molar-refractivity contribution in [2.45, 2.75) is 41.8 Å². The number of hydrogen-bond acceptors (Lipinski definition) is 2. The number of hydrogen-bond donors (Lipinski definition) is 0. The monoisotopic (exact) mass is 532 g/mol. The van der Waals surface area contributed by atoms with E-state index in [-0.39, 0.29) is 4.57 Å². The molecule has 1 aromatic rings. The van der Waals surface area contributed by atoms with E-state index in [4.69, 9.17) is 5.26 Å². The summed E-state index contributed by atoms with van der Waals surface area (Å²) < 4.78 is 197. The Morgan fingerprint density at radius 1 is 0.765 bits per heavy atom. The maximum atomic E-state index is 13.8. The van der Waals surface area contributed by atoms with E-state index in [0.29, 0.717) is 19.2 Å². The highest BCUT2D eigenvalue weighted by Crippen LogP contribution is 2.62. The molecule has 193 valence electrons. The molecule has 1 radical (unpaired) electrons. The molecule has 0 bridgehead atoms. The number of rotatable bonds is 7. The Bertz CT molecular complexity index is 989. The molecule has 0 aliphatic rings. The molecule has 0 fully saturated rings. The fourth-order valence-corrected chi connectivity index (χ4v) is 2.16. The fourth-order valence-electron chi connectivity index (χ4n) is 2.16. The summed E-state index contributed by atoms with van der Waals surface area (Å²) in [4.78, 5) is 11.7. The van der Waals surface area contributed by atoms with Crippen LogP contribution in [0.3, 0.4) is 0 Å². The fraction of sp³-hybridized carbons (Fsp3) is 0.571. The Kier molecular flexibility index (Phi) is 6.73. The molecule has 20 heteroatoms. The van der Waals surface area contributed by atoms with Crippen LogP contribution in [0.25, 0.3) is 0 Å². The van der Waals surface area contributed by atoms with E-state index in [1.54, 1.807) is 0 Å². The Morgan fingerprint density at radius 2 is 1.15 bits per heavy atom. The molecule has 0 saturated heterocycles. The summed E-state index contributed by atoms with van der Waals surface area (Å²) in [5.41, 5.74) is -2.08. The van der Waals surface area contributed by atoms with Gasteiger partial charge in [0.2, 0.25) is 0 Å². The van der Waals surface area contributed by atoms with Gasteiger partial charge in [-0.05, 0) is 12.1 Å². The smallest absolute Gasteiger partial charge is 0.331 e. The number of nitrogens with zero attached hydrogens (tertiary/aromatic N) is 3. The van der Waals surface area contributed by atoms with E-state index >= 15 is 0 Å². The van der Waals surface area contributed by atoms with Gasteiger partial charge in [0.15, 0.2) is 0 Å². The maximum absolute atomic E-state index is 13.8. The summed E-state index contributed by atoms with van der Waals surface area (Å²) >= 11 is 0. The van der Waals surface area contributed by atoms with Crippen LogP contribution in [-0.4, -0.2) is 57.4 Å². The van der Waals surface area contributed by atoms with Crippen molar-refractivity contribution in [3.63, 3.8) is 0 Å². The molecule has 1 rings (SSSR count). The zero-order chi connectivity index (χ0) is 27.5. The van der Waals surface area contributed by atoms with Crippen LogP contribution in [0.2, 0.25) is 0 Å². The van der Waals surface area contributed by atoms with Gasteiger partial charge in [0.1, 0.15) is 17.5 Å². The predicted octanol–water partition coefficient (Wildman–Crippen LogP) is 5.02. The molecule has 0 N–H and O–H groups in total. The third-order valence-corrected chi connectivity index (χ3v) is 4.21. The van der Waals surface area contributed by atoms with Gasteiger partial charge in [-0.3, -0.25) is 4.79 Å². The van der Waals surface area contributed by atoms with Crippen LogP contribution in [-0.2, 0) is 12.3 Å². The summed E-state index contributed by atoms with van der Waals surface area (Å²) in [6, 6.07) is -5.31. The summed E-state index contributed by atoms with van der Waals surface area (Å²) in [6.07, 6.45) is -7.76. The van der Waals surface area contributed by atoms with Crippen molar-refractivity contribution < 1.29 is 75.9 Å². The highest BCUT2D eigenvalue weighted by molar-refractivity contribution is 5.92. The van der Waals surface area contributed by atoms with E-state index in [1.807, 2.05) is 0 Å². The Hall–Kier alpha value is -2.85. The first-order chi connectivity index (χ1) is 14.8. The number of carbonyl (C=O) groups excluding carboxylic acids is 1. The number of nitriles is 1. The van der Waals surface area contributed by atoms with Gasteiger partial charge in [0.25, 0.3) is 0 Å². The first kappa shape index (κ1) is 29.2. The summed E-state index contributed by atoms with van der Waals surface area (Å²) in [6.45, 7) is 0. The first-order valence-corrected chi connectivity index (χ1v) is 7.70. The number of halogens is 15. The zero-order valence-electron chi connectivity index (χ0n) is 15.5. The number of hydroxylamine groups is 2. The molecule has 0 atom stereocenters. The average molecular weight is 532 g/mol. The molecule has 1 amide bonds. The molecule has 34 heavy (non-hydrogen) atoms. The highest BCUT2D eigenvalue weighted by Gasteiger charge is 2.94. The average Bonchev–Trinajstić information content (AvgIpc) is 3.05. The third-order valence-electron chi connectivity index (χ3n) is 4.21. The van der Waals surface area contributed by atoms with Crippen molar-refractivity contribution in [2.75, 3.05) is 0 Å². The largest absolute Gasteiger partial charge is 0.460 e. The molecule has 0 aromatic carbocycles. The van der Waals surface area contributed by atoms with E-state index < -0.39 is 64.2 Å². The van der Waals surface area contributed by atoms with Gasteiger partial charge in [-0.25, -0.2) is 0 Å². The number of carbonyl (C=O) groups is 1. The van der Waals surface area contributed by atoms with Gasteiger partial charge in [-0.2, -0.15) is 71.1 Å². The van der Waals surface area contributed by atoms with Crippen molar-refractivity contribution >= 4 is 5.91 Å². The van der Waals surface area contributed by atoms with E-state index in [2.05, 4.69) is 0 Å². The summed E-state index contributed by atoms with van der Waals surface area (Å²) in [5, 5.41) is 17.1. The quantitative estimate of drug-likeness (QED) is 0.282. The molecule has 0 spiro atoms. The summed E-state index contributed by atoms with van der Waals surface area (Å²) in [5.74, 6) is -44.8. The van der Waals surface area contributed by atoms with Crippen LogP contribution < -0.4 is 0 Å². The van der Waals surface area contributed by atoms with Crippen LogP contribution in [0.4, 0.5) is 65.9 Å². The Morgan fingerprint density at radius 3 is 1.50 bits per heavy atom. The lowest BCUT2D eigenvalue weighted by Crippen LogP contribution is -2.74. The van der Waals surface area contributed by atoms with Crippen molar-refractivity contribution in [1.29, 1.82) is 5.26 Å². The lowest BCUT2D eigenvalue weighted by atomic mass is 9.93. The van der Waals surface area contributed by atoms with E-state index in [0.717, 1.165) is 0 Å². The van der Waals surface area contributed by atoms with Crippen molar-refractivity contribution in [3.8, 4) is 6.07 Å². The van der Waals surface area contributed by atoms with Crippen LogP contribution in [0, 0.1) is 11.3 Å². The molecule has 0 aliphatic carbocycles. The Balaban J connectivity index is 3.61. The predicted molar refractivity (Wildman–Crippen MR) is 72.7 cm³/mol. The lowest BCUT2D eigenvalue weighted by molar-refractivity contribution is -0.471. The summed E-state index contributed by atoms with van der Waals surface area (Å²) in [7, 11) is 0.651. The third kappa shape index (κ3) is 3.60. The second-order valence-corrected chi connectivity index (χ2v) is 6.29. The minimum absolute atomic E-state index is 0.228. The standard InChI is InChI=1S/C14H5F15N3O2/c1-31-5(4-30)2-3-6(31)7(33)32(34)14(28,29)12(23,24)10(19,20)8(15,16)9(17,18)11(21,22)13(25,26)27/h2-3H,1H3. The number of aromatic nitrogens is 1. The normalized spacial score (nSPS) is 14.7. The second-order valence-electron chi connectivity index (χ2n) is 6.29. The van der Waals surface area contributed by atoms with Crippen LogP contribution in [0.1, 0.15) is 16.2 Å². The molecule has 0 unspecified atom stereocenters. The van der Waals surface area contributed by atoms with Crippen LogP contribution in [0.5, 0.6) is 0 Å². The molecule has 5 nitrogen and oxygen atoms in total. The zero-order valence-corrected chi connectivity index (χ0v) is 15.5. The topological polar surface area (TPSA) is 68.9 Å². The number of alkyl halides is 15.